The summed E-state index contributed by atoms with van der Waals surface area (Å²) in [5, 5.41) is 17.5. The summed E-state index contributed by atoms with van der Waals surface area (Å²) >= 11 is 0. The Balaban J connectivity index is 1.71. The molecule has 0 aliphatic rings. The third kappa shape index (κ3) is 2.57. The highest BCUT2D eigenvalue weighted by Crippen LogP contribution is 2.11. The number of aromatic amines is 1. The van der Waals surface area contributed by atoms with Crippen LogP contribution in [0.1, 0.15) is 16.1 Å². The predicted molar refractivity (Wildman–Crippen MR) is 89.9 cm³/mol. The van der Waals surface area contributed by atoms with Crippen LogP contribution < -0.4 is 10.9 Å². The number of aryl methyl sites for hydroxylation is 1. The summed E-state index contributed by atoms with van der Waals surface area (Å²) in [6.07, 6.45) is 1.44. The van der Waals surface area contributed by atoms with Gasteiger partial charge in [-0.1, -0.05) is 18.2 Å². The average Bonchev–Trinajstić information content (AvgIpc) is 3.21. The van der Waals surface area contributed by atoms with E-state index in [1.165, 1.54) is 15.5 Å². The van der Waals surface area contributed by atoms with Crippen LogP contribution in [0.4, 0.5) is 5.69 Å². The molecule has 1 aromatic carbocycles. The molecule has 4 rings (SSSR count). The van der Waals surface area contributed by atoms with E-state index in [1.807, 2.05) is 6.07 Å². The molecule has 0 bridgehead atoms. The lowest BCUT2D eigenvalue weighted by molar-refractivity contribution is 0.102. The first-order valence-corrected chi connectivity index (χ1v) is 7.49. The molecule has 9 heteroatoms. The van der Waals surface area contributed by atoms with Crippen molar-refractivity contribution in [2.45, 2.75) is 6.92 Å². The van der Waals surface area contributed by atoms with Crippen molar-refractivity contribution in [3.8, 4) is 5.82 Å². The van der Waals surface area contributed by atoms with Gasteiger partial charge in [-0.05, 0) is 31.2 Å². The van der Waals surface area contributed by atoms with Gasteiger partial charge in [-0.25, -0.2) is 0 Å². The second-order valence-corrected chi connectivity index (χ2v) is 5.40. The zero-order valence-corrected chi connectivity index (χ0v) is 13.2. The molecule has 2 N–H and O–H groups in total. The topological polar surface area (TPSA) is 110 Å². The minimum Gasteiger partial charge on any atom is -0.316 e. The van der Waals surface area contributed by atoms with Crippen molar-refractivity contribution >= 4 is 17.2 Å². The summed E-state index contributed by atoms with van der Waals surface area (Å²) in [4.78, 5) is 25.0. The first kappa shape index (κ1) is 14.8. The number of nitrogens with zero attached hydrogens (tertiary/aromatic N) is 5. The number of nitrogens with one attached hydrogen (secondary N) is 2. The monoisotopic (exact) mass is 335 g/mol. The Labute approximate surface area is 140 Å². The molecule has 3 heterocycles. The van der Waals surface area contributed by atoms with Crippen LogP contribution in [0.15, 0.2) is 53.6 Å². The molecule has 4 aromatic rings. The van der Waals surface area contributed by atoms with Crippen LogP contribution >= 0.6 is 0 Å². The smallest absolute Gasteiger partial charge is 0.296 e. The van der Waals surface area contributed by atoms with Crippen LogP contribution in [0.2, 0.25) is 0 Å². The van der Waals surface area contributed by atoms with Gasteiger partial charge in [0.05, 0.1) is 5.69 Å². The van der Waals surface area contributed by atoms with Crippen molar-refractivity contribution < 1.29 is 4.79 Å². The van der Waals surface area contributed by atoms with E-state index >= 15 is 0 Å². The van der Waals surface area contributed by atoms with Crippen LogP contribution in [0, 0.1) is 6.92 Å². The summed E-state index contributed by atoms with van der Waals surface area (Å²) in [5.41, 5.74) is 1.34. The van der Waals surface area contributed by atoms with Gasteiger partial charge in [0.25, 0.3) is 11.5 Å². The molecule has 3 aromatic heterocycles. The second kappa shape index (κ2) is 5.71. The van der Waals surface area contributed by atoms with Crippen LogP contribution in [-0.4, -0.2) is 35.5 Å². The minimum absolute atomic E-state index is 0.180. The van der Waals surface area contributed by atoms with E-state index in [0.717, 1.165) is 0 Å². The van der Waals surface area contributed by atoms with E-state index in [9.17, 15) is 9.59 Å². The van der Waals surface area contributed by atoms with Gasteiger partial charge in [0.15, 0.2) is 11.5 Å². The molecule has 124 valence electrons. The number of H-pyrrole nitrogens is 1. The largest absolute Gasteiger partial charge is 0.316 e. The number of carbonyl (C=O) groups excluding carboxylic acids is 1. The predicted octanol–water partition coefficient (Wildman–Crippen LogP) is 1.16. The molecule has 0 saturated carbocycles. The Morgan fingerprint density at radius 1 is 1.16 bits per heavy atom. The van der Waals surface area contributed by atoms with Gasteiger partial charge in [0.1, 0.15) is 12.0 Å². The molecule has 0 saturated heterocycles. The van der Waals surface area contributed by atoms with Gasteiger partial charge in [0.2, 0.25) is 0 Å². The van der Waals surface area contributed by atoms with E-state index in [1.54, 1.807) is 43.3 Å². The van der Waals surface area contributed by atoms with Gasteiger partial charge in [-0.2, -0.15) is 9.20 Å². The number of aromatic nitrogens is 6. The molecule has 9 nitrogen and oxygen atoms in total. The van der Waals surface area contributed by atoms with Crippen LogP contribution in [0.25, 0.3) is 11.5 Å². The molecule has 0 atom stereocenters. The van der Waals surface area contributed by atoms with E-state index in [4.69, 9.17) is 0 Å². The second-order valence-electron chi connectivity index (χ2n) is 5.40. The molecule has 0 aliphatic carbocycles. The summed E-state index contributed by atoms with van der Waals surface area (Å²) in [6.45, 7) is 1.70. The van der Waals surface area contributed by atoms with Crippen molar-refractivity contribution in [1.29, 1.82) is 0 Å². The van der Waals surface area contributed by atoms with Gasteiger partial charge < -0.3 is 5.32 Å². The van der Waals surface area contributed by atoms with Crippen molar-refractivity contribution in [3.05, 3.63) is 70.4 Å². The fourth-order valence-electron chi connectivity index (χ4n) is 2.47. The standard InChI is InChI=1S/C16H13N7O2/c1-10-14(18-15(24)11-5-3-2-4-6-11)16(25)23(20-10)13-8-7-12-19-17-9-22(12)21-13/h2-9,20H,1H3,(H,18,24). The summed E-state index contributed by atoms with van der Waals surface area (Å²) < 4.78 is 2.72. The van der Waals surface area contributed by atoms with Crippen molar-refractivity contribution in [2.24, 2.45) is 0 Å². The highest BCUT2D eigenvalue weighted by Gasteiger charge is 2.16. The van der Waals surface area contributed by atoms with E-state index < -0.39 is 5.56 Å². The normalized spacial score (nSPS) is 10.9. The molecule has 0 radical (unpaired) electrons. The highest BCUT2D eigenvalue weighted by molar-refractivity contribution is 6.04. The Bertz CT molecular complexity index is 1120. The van der Waals surface area contributed by atoms with Crippen molar-refractivity contribution in [3.63, 3.8) is 0 Å². The molecule has 0 unspecified atom stereocenters. The zero-order chi connectivity index (χ0) is 17.4. The van der Waals surface area contributed by atoms with E-state index in [2.05, 4.69) is 25.7 Å². The maximum Gasteiger partial charge on any atom is 0.296 e. The lowest BCUT2D eigenvalue weighted by Crippen LogP contribution is -2.22. The maximum atomic E-state index is 12.7. The number of anilines is 1. The number of benzene rings is 1. The van der Waals surface area contributed by atoms with Gasteiger partial charge in [-0.3, -0.25) is 14.7 Å². The zero-order valence-electron chi connectivity index (χ0n) is 13.2. The van der Waals surface area contributed by atoms with E-state index in [-0.39, 0.29) is 11.6 Å². The molecule has 0 spiro atoms. The lowest BCUT2D eigenvalue weighted by Gasteiger charge is -2.02. The number of rotatable bonds is 3. The number of hydrogen-bond acceptors (Lipinski definition) is 5. The number of carbonyl (C=O) groups is 1. The summed E-state index contributed by atoms with van der Waals surface area (Å²) in [5.74, 6) is 0.00906. The molecular formula is C16H13N7O2. The molecule has 0 aliphatic heterocycles. The minimum atomic E-state index is -0.401. The Hall–Kier alpha value is -3.75. The van der Waals surface area contributed by atoms with Crippen LogP contribution in [0.5, 0.6) is 0 Å². The maximum absolute atomic E-state index is 12.7. The Morgan fingerprint density at radius 2 is 1.96 bits per heavy atom. The SMILES string of the molecule is Cc1[nH]n(-c2ccc3nncn3n2)c(=O)c1NC(=O)c1ccccc1. The first-order chi connectivity index (χ1) is 12.1. The first-order valence-electron chi connectivity index (χ1n) is 7.49. The van der Waals surface area contributed by atoms with Crippen LogP contribution in [-0.2, 0) is 0 Å². The molecule has 0 fully saturated rings. The fraction of sp³-hybridized carbons (Fsp3) is 0.0625. The summed E-state index contributed by atoms with van der Waals surface area (Å²) in [6, 6.07) is 12.0. The number of amides is 1. The van der Waals surface area contributed by atoms with E-state index in [0.29, 0.717) is 22.7 Å². The number of fused-ring (bicyclic) bond motifs is 1. The fourth-order valence-corrected chi connectivity index (χ4v) is 2.47. The number of hydrogen-bond donors (Lipinski definition) is 2. The Morgan fingerprint density at radius 3 is 2.76 bits per heavy atom. The molecule has 1 amide bonds. The van der Waals surface area contributed by atoms with Crippen molar-refractivity contribution in [2.75, 3.05) is 5.32 Å². The Kier molecular flexibility index (Phi) is 3.38. The third-order valence-corrected chi connectivity index (χ3v) is 3.72. The quantitative estimate of drug-likeness (QED) is 0.584. The lowest BCUT2D eigenvalue weighted by atomic mass is 10.2. The van der Waals surface area contributed by atoms with Crippen LogP contribution in [0.3, 0.4) is 0 Å². The molecule has 25 heavy (non-hydrogen) atoms. The van der Waals surface area contributed by atoms with Gasteiger partial charge >= 0.3 is 0 Å². The highest BCUT2D eigenvalue weighted by atomic mass is 16.2. The van der Waals surface area contributed by atoms with Crippen molar-refractivity contribution in [1.82, 2.24) is 29.6 Å². The third-order valence-electron chi connectivity index (χ3n) is 3.72. The average molecular weight is 335 g/mol. The summed E-state index contributed by atoms with van der Waals surface area (Å²) in [7, 11) is 0. The molecular weight excluding hydrogens is 322 g/mol. The van der Waals surface area contributed by atoms with Gasteiger partial charge in [0, 0.05) is 5.56 Å². The van der Waals surface area contributed by atoms with Gasteiger partial charge in [-0.15, -0.1) is 15.3 Å².